The molecular weight excluding hydrogens is 600 g/mol. The number of aliphatic hydroxyl groups is 1. The van der Waals surface area contributed by atoms with Crippen molar-refractivity contribution in [1.82, 2.24) is 4.90 Å². The SMILES string of the molecule is C#CCOCCC(=O)N(C)CC(=O)Nc1cc(CO)ccc1O[C@@H]1OC(C(=O)OC)[C@H](OC(C)=O)C(OC(C)=O)C1OC(C)=O. The first-order valence-electron chi connectivity index (χ1n) is 13.5. The lowest BCUT2D eigenvalue weighted by Gasteiger charge is -2.43. The lowest BCUT2D eigenvalue weighted by molar-refractivity contribution is -0.282. The van der Waals surface area contributed by atoms with Gasteiger partial charge in [-0.25, -0.2) is 4.79 Å². The zero-order valence-corrected chi connectivity index (χ0v) is 25.4. The van der Waals surface area contributed by atoms with Crippen molar-refractivity contribution in [2.24, 2.45) is 0 Å². The van der Waals surface area contributed by atoms with E-state index in [2.05, 4.69) is 11.2 Å². The largest absolute Gasteiger partial charge is 0.467 e. The topological polar surface area (TPSA) is 203 Å². The number of carbonyl (C=O) groups is 6. The van der Waals surface area contributed by atoms with Gasteiger partial charge in [0, 0.05) is 27.8 Å². The summed E-state index contributed by atoms with van der Waals surface area (Å²) >= 11 is 0. The molecule has 0 radical (unpaired) electrons. The molecule has 1 saturated heterocycles. The van der Waals surface area contributed by atoms with Crippen LogP contribution in [0.1, 0.15) is 32.8 Å². The molecule has 1 heterocycles. The molecule has 2 rings (SSSR count). The first kappa shape index (κ1) is 36.5. The number of amides is 2. The lowest BCUT2D eigenvalue weighted by Crippen LogP contribution is -2.64. The van der Waals surface area contributed by atoms with Gasteiger partial charge in [0.15, 0.2) is 18.3 Å². The molecule has 1 aliphatic heterocycles. The molecule has 0 aliphatic carbocycles. The summed E-state index contributed by atoms with van der Waals surface area (Å²) in [6, 6.07) is 4.16. The zero-order chi connectivity index (χ0) is 33.7. The van der Waals surface area contributed by atoms with Gasteiger partial charge in [-0.05, 0) is 17.7 Å². The van der Waals surface area contributed by atoms with Gasteiger partial charge in [-0.15, -0.1) is 6.42 Å². The standard InChI is InChI=1S/C29H36N2O14/c1-7-11-40-12-10-23(37)31(5)14-22(36)30-20-13-19(15-32)8-9-21(20)44-29-27(43-18(4)35)25(42-17(3)34)24(41-16(2)33)26(45-29)28(38)39-6/h1,8-9,13,24-27,29,32H,10-12,14-15H2,2-6H3,(H,30,36)/t24-,25?,26?,27?,29-/m1/s1. The van der Waals surface area contributed by atoms with E-state index in [-0.39, 0.29) is 37.6 Å². The predicted molar refractivity (Wildman–Crippen MR) is 151 cm³/mol. The van der Waals surface area contributed by atoms with Crippen LogP contribution in [0.4, 0.5) is 5.69 Å². The molecule has 1 fully saturated rings. The van der Waals surface area contributed by atoms with Gasteiger partial charge in [0.25, 0.3) is 0 Å². The van der Waals surface area contributed by atoms with E-state index < -0.39 is 73.0 Å². The zero-order valence-electron chi connectivity index (χ0n) is 25.4. The number of nitrogens with zero attached hydrogens (tertiary/aromatic N) is 1. The number of methoxy groups -OCH3 is 1. The lowest BCUT2D eigenvalue weighted by atomic mass is 9.97. The van der Waals surface area contributed by atoms with E-state index in [9.17, 15) is 33.9 Å². The van der Waals surface area contributed by atoms with Gasteiger partial charge in [0.05, 0.1) is 39.0 Å². The van der Waals surface area contributed by atoms with Crippen LogP contribution in [0, 0.1) is 12.3 Å². The molecule has 3 unspecified atom stereocenters. The number of rotatable bonds is 14. The minimum Gasteiger partial charge on any atom is -0.467 e. The van der Waals surface area contributed by atoms with Crippen LogP contribution < -0.4 is 10.1 Å². The Morgan fingerprint density at radius 2 is 1.62 bits per heavy atom. The molecule has 1 aromatic carbocycles. The van der Waals surface area contributed by atoms with Crippen LogP contribution in [0.25, 0.3) is 0 Å². The highest BCUT2D eigenvalue weighted by Crippen LogP contribution is 2.34. The number of aliphatic hydroxyl groups excluding tert-OH is 1. The van der Waals surface area contributed by atoms with Crippen molar-refractivity contribution < 1.29 is 67.0 Å². The Labute approximate surface area is 259 Å². The number of hydrogen-bond acceptors (Lipinski definition) is 14. The average Bonchev–Trinajstić information content (AvgIpc) is 2.97. The van der Waals surface area contributed by atoms with Crippen molar-refractivity contribution in [3.63, 3.8) is 0 Å². The summed E-state index contributed by atoms with van der Waals surface area (Å²) in [6.45, 7) is 2.44. The van der Waals surface area contributed by atoms with E-state index in [1.54, 1.807) is 0 Å². The molecule has 2 N–H and O–H groups in total. The van der Waals surface area contributed by atoms with Gasteiger partial charge >= 0.3 is 23.9 Å². The molecule has 0 saturated carbocycles. The molecular formula is C29H36N2O14. The molecule has 5 atom stereocenters. The Bertz CT molecular complexity index is 1290. The first-order chi connectivity index (χ1) is 21.3. The molecule has 246 valence electrons. The van der Waals surface area contributed by atoms with E-state index in [4.69, 9.17) is 39.6 Å². The van der Waals surface area contributed by atoms with Gasteiger partial charge in [-0.3, -0.25) is 24.0 Å². The molecule has 0 aromatic heterocycles. The van der Waals surface area contributed by atoms with Gasteiger partial charge in [0.1, 0.15) is 12.4 Å². The third-order valence-corrected chi connectivity index (χ3v) is 6.03. The van der Waals surface area contributed by atoms with Crippen LogP contribution in [0.3, 0.4) is 0 Å². The van der Waals surface area contributed by atoms with Crippen molar-refractivity contribution in [2.75, 3.05) is 39.2 Å². The molecule has 45 heavy (non-hydrogen) atoms. The van der Waals surface area contributed by atoms with E-state index in [1.807, 2.05) is 0 Å². The second kappa shape index (κ2) is 17.5. The van der Waals surface area contributed by atoms with Crippen LogP contribution in [0.5, 0.6) is 5.75 Å². The Kier molecular flexibility index (Phi) is 14.2. The summed E-state index contributed by atoms with van der Waals surface area (Å²) in [6.07, 6.45) is -3.13. The van der Waals surface area contributed by atoms with Crippen molar-refractivity contribution in [3.8, 4) is 18.1 Å². The fourth-order valence-corrected chi connectivity index (χ4v) is 4.15. The van der Waals surface area contributed by atoms with Crippen LogP contribution in [0.15, 0.2) is 18.2 Å². The third-order valence-electron chi connectivity index (χ3n) is 6.03. The fourth-order valence-electron chi connectivity index (χ4n) is 4.15. The third kappa shape index (κ3) is 11.1. The second-order valence-electron chi connectivity index (χ2n) is 9.58. The number of benzene rings is 1. The molecule has 2 amide bonds. The van der Waals surface area contributed by atoms with Crippen LogP contribution in [0.2, 0.25) is 0 Å². The summed E-state index contributed by atoms with van der Waals surface area (Å²) in [4.78, 5) is 75.1. The van der Waals surface area contributed by atoms with Gasteiger partial charge in [-0.2, -0.15) is 0 Å². The first-order valence-corrected chi connectivity index (χ1v) is 13.5. The van der Waals surface area contributed by atoms with E-state index in [0.717, 1.165) is 32.8 Å². The van der Waals surface area contributed by atoms with Crippen molar-refractivity contribution in [3.05, 3.63) is 23.8 Å². The van der Waals surface area contributed by atoms with E-state index >= 15 is 0 Å². The van der Waals surface area contributed by atoms with Gasteiger partial charge in [0.2, 0.25) is 24.2 Å². The highest BCUT2D eigenvalue weighted by atomic mass is 16.7. The normalized spacial score (nSPS) is 20.5. The number of ether oxygens (including phenoxy) is 7. The molecule has 1 aliphatic rings. The number of carbonyl (C=O) groups excluding carboxylic acids is 6. The summed E-state index contributed by atoms with van der Waals surface area (Å²) < 4.78 is 37.5. The fraction of sp³-hybridized carbons (Fsp3) is 0.517. The smallest absolute Gasteiger partial charge is 0.339 e. The summed E-state index contributed by atoms with van der Waals surface area (Å²) in [5.41, 5.74) is 0.352. The van der Waals surface area contributed by atoms with E-state index in [0.29, 0.717) is 5.56 Å². The monoisotopic (exact) mass is 636 g/mol. The average molecular weight is 637 g/mol. The van der Waals surface area contributed by atoms with Crippen LogP contribution in [-0.2, 0) is 63.8 Å². The Balaban J connectivity index is 2.42. The molecule has 0 bridgehead atoms. The second-order valence-corrected chi connectivity index (χ2v) is 9.58. The van der Waals surface area contributed by atoms with Crippen LogP contribution in [-0.4, -0.2) is 110 Å². The highest BCUT2D eigenvalue weighted by Gasteiger charge is 2.56. The molecule has 1 aromatic rings. The van der Waals surface area contributed by atoms with Crippen molar-refractivity contribution >= 4 is 41.4 Å². The maximum Gasteiger partial charge on any atom is 0.339 e. The molecule has 16 nitrogen and oxygen atoms in total. The quantitative estimate of drug-likeness (QED) is 0.116. The van der Waals surface area contributed by atoms with Gasteiger partial charge < -0.3 is 48.5 Å². The number of anilines is 1. The maximum absolute atomic E-state index is 12.9. The summed E-state index contributed by atoms with van der Waals surface area (Å²) in [5.74, 6) is -2.52. The minimum absolute atomic E-state index is 0.00399. The Morgan fingerprint density at radius 3 is 2.20 bits per heavy atom. The summed E-state index contributed by atoms with van der Waals surface area (Å²) in [7, 11) is 2.45. The number of hydrogen-bond donors (Lipinski definition) is 2. The number of likely N-dealkylation sites (N-methyl/N-ethyl adjacent to an activating group) is 1. The number of nitrogens with one attached hydrogen (secondary N) is 1. The molecule has 16 heteroatoms. The minimum atomic E-state index is -1.71. The van der Waals surface area contributed by atoms with E-state index in [1.165, 1.54) is 25.2 Å². The van der Waals surface area contributed by atoms with Crippen LogP contribution >= 0.6 is 0 Å². The predicted octanol–water partition coefficient (Wildman–Crippen LogP) is -0.312. The Morgan fingerprint density at radius 1 is 1.00 bits per heavy atom. The Hall–Kier alpha value is -4.72. The highest BCUT2D eigenvalue weighted by molar-refractivity contribution is 5.95. The number of terminal acetylenes is 1. The number of esters is 4. The maximum atomic E-state index is 12.9. The molecule has 0 spiro atoms. The van der Waals surface area contributed by atoms with Crippen molar-refractivity contribution in [2.45, 2.75) is 64.5 Å². The van der Waals surface area contributed by atoms with Crippen molar-refractivity contribution in [1.29, 1.82) is 0 Å². The summed E-state index contributed by atoms with van der Waals surface area (Å²) in [5, 5.41) is 12.3. The van der Waals surface area contributed by atoms with Gasteiger partial charge in [-0.1, -0.05) is 12.0 Å².